The number of sulfonamides is 1. The number of nitrogens with one attached hydrogen (secondary N) is 2. The number of carbonyl (C=O) groups is 1. The third kappa shape index (κ3) is 3.78. The van der Waals surface area contributed by atoms with Crippen molar-refractivity contribution in [2.45, 2.75) is 18.7 Å². The van der Waals surface area contributed by atoms with E-state index in [9.17, 15) is 13.2 Å². The van der Waals surface area contributed by atoms with Crippen LogP contribution in [0.5, 0.6) is 0 Å². The van der Waals surface area contributed by atoms with Crippen LogP contribution in [-0.4, -0.2) is 14.4 Å². The summed E-state index contributed by atoms with van der Waals surface area (Å²) in [6, 6.07) is 10.3. The molecule has 2 rings (SSSR count). The van der Waals surface area contributed by atoms with Crippen molar-refractivity contribution in [3.63, 3.8) is 0 Å². The van der Waals surface area contributed by atoms with Crippen LogP contribution in [-0.2, 0) is 10.0 Å². The highest BCUT2D eigenvalue weighted by Crippen LogP contribution is 2.22. The molecule has 22 heavy (non-hydrogen) atoms. The molecule has 0 aliphatic carbocycles. The summed E-state index contributed by atoms with van der Waals surface area (Å²) in [7, 11) is -3.91. The van der Waals surface area contributed by atoms with Gasteiger partial charge in [0.15, 0.2) is 0 Å². The van der Waals surface area contributed by atoms with Crippen LogP contribution in [0, 0.1) is 13.8 Å². The van der Waals surface area contributed by atoms with Gasteiger partial charge in [0.2, 0.25) is 0 Å². The van der Waals surface area contributed by atoms with Crippen LogP contribution in [0.25, 0.3) is 0 Å². The number of carbonyl (C=O) groups excluding carboxylic acids is 1. The molecule has 0 atom stereocenters. The number of hydrogen-bond acceptors (Lipinski definition) is 3. The van der Waals surface area contributed by atoms with E-state index in [2.05, 4.69) is 5.32 Å². The van der Waals surface area contributed by atoms with Gasteiger partial charge in [-0.05, 0) is 43.7 Å². The van der Waals surface area contributed by atoms with Crippen LogP contribution in [0.2, 0.25) is 5.02 Å². The third-order valence-electron chi connectivity index (χ3n) is 3.07. The lowest BCUT2D eigenvalue weighted by Crippen LogP contribution is -2.34. The Hall–Kier alpha value is -2.05. The second-order valence-corrected chi connectivity index (χ2v) is 6.87. The molecular formula is C15H15ClN2O3S. The molecule has 0 saturated carbocycles. The summed E-state index contributed by atoms with van der Waals surface area (Å²) in [5.74, 6) is 0. The number of rotatable bonds is 3. The van der Waals surface area contributed by atoms with E-state index in [-0.39, 0.29) is 4.90 Å². The monoisotopic (exact) mass is 338 g/mol. The molecule has 0 spiro atoms. The zero-order chi connectivity index (χ0) is 16.3. The minimum Gasteiger partial charge on any atom is -0.307 e. The van der Waals surface area contributed by atoms with Gasteiger partial charge in [-0.25, -0.2) is 17.9 Å². The maximum absolute atomic E-state index is 12.1. The summed E-state index contributed by atoms with van der Waals surface area (Å²) in [5, 5.41) is 2.96. The molecule has 7 heteroatoms. The van der Waals surface area contributed by atoms with E-state index in [0.29, 0.717) is 16.3 Å². The first-order chi connectivity index (χ1) is 10.3. The number of benzene rings is 2. The Morgan fingerprint density at radius 1 is 1.05 bits per heavy atom. The zero-order valence-electron chi connectivity index (χ0n) is 12.1. The number of halogens is 1. The van der Waals surface area contributed by atoms with Crippen LogP contribution in [0.15, 0.2) is 47.4 Å². The van der Waals surface area contributed by atoms with Crippen molar-refractivity contribution >= 4 is 33.3 Å². The SMILES string of the molecule is Cc1ccc(S(=O)(=O)NC(=O)Nc2cccc(Cl)c2C)cc1. The highest BCUT2D eigenvalue weighted by atomic mass is 35.5. The topological polar surface area (TPSA) is 75.3 Å². The van der Waals surface area contributed by atoms with Crippen molar-refractivity contribution in [3.05, 3.63) is 58.6 Å². The number of amides is 2. The van der Waals surface area contributed by atoms with Crippen molar-refractivity contribution in [2.24, 2.45) is 0 Å². The van der Waals surface area contributed by atoms with Gasteiger partial charge in [-0.1, -0.05) is 35.4 Å². The molecule has 0 aliphatic heterocycles. The number of anilines is 1. The fraction of sp³-hybridized carbons (Fsp3) is 0.133. The van der Waals surface area contributed by atoms with E-state index in [1.54, 1.807) is 37.3 Å². The molecule has 0 saturated heterocycles. The Morgan fingerprint density at radius 2 is 1.68 bits per heavy atom. The van der Waals surface area contributed by atoms with Crippen molar-refractivity contribution in [1.29, 1.82) is 0 Å². The summed E-state index contributed by atoms with van der Waals surface area (Å²) >= 11 is 5.95. The molecule has 0 fully saturated rings. The largest absolute Gasteiger partial charge is 0.333 e. The molecule has 2 N–H and O–H groups in total. The molecule has 5 nitrogen and oxygen atoms in total. The quantitative estimate of drug-likeness (QED) is 0.899. The van der Waals surface area contributed by atoms with Crippen molar-refractivity contribution < 1.29 is 13.2 Å². The van der Waals surface area contributed by atoms with Gasteiger partial charge in [0.05, 0.1) is 4.90 Å². The summed E-state index contributed by atoms with van der Waals surface area (Å²) in [5.41, 5.74) is 2.04. The Labute approximate surface area is 134 Å². The van der Waals surface area contributed by atoms with Gasteiger partial charge in [-0.2, -0.15) is 0 Å². The summed E-state index contributed by atoms with van der Waals surface area (Å²) in [4.78, 5) is 11.9. The maximum Gasteiger partial charge on any atom is 0.333 e. The number of aryl methyl sites for hydroxylation is 1. The van der Waals surface area contributed by atoms with Crippen LogP contribution in [0.3, 0.4) is 0 Å². The normalized spacial score (nSPS) is 11.0. The van der Waals surface area contributed by atoms with E-state index in [0.717, 1.165) is 5.56 Å². The highest BCUT2D eigenvalue weighted by Gasteiger charge is 2.18. The van der Waals surface area contributed by atoms with Crippen molar-refractivity contribution in [3.8, 4) is 0 Å². The average molecular weight is 339 g/mol. The second kappa shape index (κ2) is 6.37. The molecule has 0 aliphatic rings. The first kappa shape index (κ1) is 16.3. The van der Waals surface area contributed by atoms with Gasteiger partial charge in [-0.3, -0.25) is 0 Å². The van der Waals surface area contributed by atoms with Crippen molar-refractivity contribution in [2.75, 3.05) is 5.32 Å². The Bertz CT molecular complexity index is 802. The molecule has 0 bridgehead atoms. The third-order valence-corrected chi connectivity index (χ3v) is 4.83. The van der Waals surface area contributed by atoms with E-state index in [4.69, 9.17) is 11.6 Å². The van der Waals surface area contributed by atoms with Crippen LogP contribution in [0.1, 0.15) is 11.1 Å². The van der Waals surface area contributed by atoms with Gasteiger partial charge < -0.3 is 5.32 Å². The van der Waals surface area contributed by atoms with E-state index in [1.165, 1.54) is 12.1 Å². The predicted molar refractivity (Wildman–Crippen MR) is 86.7 cm³/mol. The number of urea groups is 1. The van der Waals surface area contributed by atoms with E-state index < -0.39 is 16.1 Å². The first-order valence-corrected chi connectivity index (χ1v) is 8.31. The fourth-order valence-corrected chi connectivity index (χ4v) is 2.87. The fourth-order valence-electron chi connectivity index (χ4n) is 1.79. The standard InChI is InChI=1S/C15H15ClN2O3S/c1-10-6-8-12(9-7-10)22(20,21)18-15(19)17-14-5-3-4-13(16)11(14)2/h3-9H,1-2H3,(H2,17,18,19). The second-order valence-electron chi connectivity index (χ2n) is 4.79. The zero-order valence-corrected chi connectivity index (χ0v) is 13.6. The molecule has 2 aromatic rings. The smallest absolute Gasteiger partial charge is 0.307 e. The molecule has 0 aromatic heterocycles. The molecular weight excluding hydrogens is 324 g/mol. The first-order valence-electron chi connectivity index (χ1n) is 6.45. The minimum atomic E-state index is -3.91. The molecule has 0 unspecified atom stereocenters. The highest BCUT2D eigenvalue weighted by molar-refractivity contribution is 7.90. The molecule has 2 aromatic carbocycles. The summed E-state index contributed by atoms with van der Waals surface area (Å²) < 4.78 is 26.2. The number of hydrogen-bond donors (Lipinski definition) is 2. The van der Waals surface area contributed by atoms with Gasteiger partial charge >= 0.3 is 6.03 Å². The Morgan fingerprint density at radius 3 is 2.32 bits per heavy atom. The molecule has 2 amide bonds. The lowest BCUT2D eigenvalue weighted by Gasteiger charge is -2.11. The Kier molecular flexibility index (Phi) is 4.73. The van der Waals surface area contributed by atoms with E-state index >= 15 is 0 Å². The van der Waals surface area contributed by atoms with Crippen LogP contribution >= 0.6 is 11.6 Å². The van der Waals surface area contributed by atoms with Crippen molar-refractivity contribution in [1.82, 2.24) is 4.72 Å². The summed E-state index contributed by atoms with van der Waals surface area (Å²) in [6.07, 6.45) is 0. The lowest BCUT2D eigenvalue weighted by molar-refractivity contribution is 0.256. The molecule has 0 radical (unpaired) electrons. The van der Waals surface area contributed by atoms with Gasteiger partial charge in [0.1, 0.15) is 0 Å². The van der Waals surface area contributed by atoms with Crippen LogP contribution < -0.4 is 10.0 Å². The maximum atomic E-state index is 12.1. The summed E-state index contributed by atoms with van der Waals surface area (Å²) in [6.45, 7) is 3.57. The molecule has 116 valence electrons. The average Bonchev–Trinajstić information content (AvgIpc) is 2.44. The van der Waals surface area contributed by atoms with E-state index in [1.807, 2.05) is 11.6 Å². The Balaban J connectivity index is 2.14. The van der Waals surface area contributed by atoms with Gasteiger partial charge in [-0.15, -0.1) is 0 Å². The minimum absolute atomic E-state index is 0.0241. The van der Waals surface area contributed by atoms with Crippen LogP contribution in [0.4, 0.5) is 10.5 Å². The molecule has 0 heterocycles. The van der Waals surface area contributed by atoms with Gasteiger partial charge in [0.25, 0.3) is 10.0 Å². The lowest BCUT2D eigenvalue weighted by atomic mass is 10.2. The van der Waals surface area contributed by atoms with Gasteiger partial charge in [0, 0.05) is 10.7 Å². The predicted octanol–water partition coefficient (Wildman–Crippen LogP) is 3.47.